The number of aliphatic hydroxyl groups excluding tert-OH is 1. The van der Waals surface area contributed by atoms with E-state index >= 15 is 0 Å². The van der Waals surface area contributed by atoms with Crippen LogP contribution in [0.5, 0.6) is 0 Å². The number of hydrogen-bond acceptors (Lipinski definition) is 6. The molecule has 5 nitrogen and oxygen atoms in total. The van der Waals surface area contributed by atoms with Crippen LogP contribution in [0.3, 0.4) is 0 Å². The number of aliphatic hydroxyl groups is 1. The second kappa shape index (κ2) is 4.88. The van der Waals surface area contributed by atoms with E-state index in [-0.39, 0.29) is 11.4 Å². The van der Waals surface area contributed by atoms with Crippen LogP contribution in [0.4, 0.5) is 11.6 Å². The third kappa shape index (κ3) is 2.76. The van der Waals surface area contributed by atoms with Crippen molar-refractivity contribution in [1.82, 2.24) is 9.97 Å². The molecule has 1 aliphatic rings. The topological polar surface area (TPSA) is 98.1 Å². The standard InChI is InChI=1S/C10H16N4OS/c11-8-5-9(12)14-10(13-8)16-7-4-2-1-3-6(7)15/h5-7,15H,1-4H2,(H4,11,12,13,14)/t6-,7-/m0/s1. The minimum absolute atomic E-state index is 0.162. The third-order valence-electron chi connectivity index (χ3n) is 2.67. The Balaban J connectivity index is 2.07. The molecule has 5 N–H and O–H groups in total. The Labute approximate surface area is 98.7 Å². The summed E-state index contributed by atoms with van der Waals surface area (Å²) in [5.41, 5.74) is 11.2. The molecule has 1 aromatic rings. The summed E-state index contributed by atoms with van der Waals surface area (Å²) in [4.78, 5) is 8.20. The van der Waals surface area contributed by atoms with Crippen molar-refractivity contribution in [1.29, 1.82) is 0 Å². The predicted molar refractivity (Wildman–Crippen MR) is 65.0 cm³/mol. The number of hydrogen-bond donors (Lipinski definition) is 3. The van der Waals surface area contributed by atoms with Crippen molar-refractivity contribution in [3.8, 4) is 0 Å². The van der Waals surface area contributed by atoms with Gasteiger partial charge in [0.1, 0.15) is 11.6 Å². The van der Waals surface area contributed by atoms with E-state index in [9.17, 15) is 5.11 Å². The fourth-order valence-corrected chi connectivity index (χ4v) is 3.03. The molecule has 0 amide bonds. The van der Waals surface area contributed by atoms with Gasteiger partial charge in [-0.15, -0.1) is 0 Å². The van der Waals surface area contributed by atoms with E-state index in [1.165, 1.54) is 17.8 Å². The highest BCUT2D eigenvalue weighted by Gasteiger charge is 2.25. The van der Waals surface area contributed by atoms with Crippen molar-refractivity contribution in [2.75, 3.05) is 11.5 Å². The Morgan fingerprint density at radius 3 is 2.44 bits per heavy atom. The molecule has 2 rings (SSSR count). The number of aromatic nitrogens is 2. The smallest absolute Gasteiger partial charge is 0.191 e. The monoisotopic (exact) mass is 240 g/mol. The number of thioether (sulfide) groups is 1. The highest BCUT2D eigenvalue weighted by atomic mass is 32.2. The van der Waals surface area contributed by atoms with Gasteiger partial charge < -0.3 is 16.6 Å². The Bertz CT molecular complexity index is 354. The van der Waals surface area contributed by atoms with Gasteiger partial charge in [-0.1, -0.05) is 24.6 Å². The molecule has 1 fully saturated rings. The zero-order valence-corrected chi connectivity index (χ0v) is 9.78. The van der Waals surface area contributed by atoms with Crippen LogP contribution >= 0.6 is 11.8 Å². The van der Waals surface area contributed by atoms with Gasteiger partial charge in [-0.05, 0) is 12.8 Å². The quantitative estimate of drug-likeness (QED) is 0.668. The van der Waals surface area contributed by atoms with E-state index in [1.807, 2.05) is 0 Å². The fourth-order valence-electron chi connectivity index (χ4n) is 1.86. The number of rotatable bonds is 2. The van der Waals surface area contributed by atoms with Crippen molar-refractivity contribution in [3.63, 3.8) is 0 Å². The van der Waals surface area contributed by atoms with Crippen LogP contribution in [0.2, 0.25) is 0 Å². The van der Waals surface area contributed by atoms with Crippen molar-refractivity contribution in [2.24, 2.45) is 0 Å². The van der Waals surface area contributed by atoms with Gasteiger partial charge in [0.05, 0.1) is 6.10 Å². The molecule has 1 aromatic heterocycles. The van der Waals surface area contributed by atoms with Crippen LogP contribution in [0.25, 0.3) is 0 Å². The maximum Gasteiger partial charge on any atom is 0.191 e. The minimum Gasteiger partial charge on any atom is -0.392 e. The Morgan fingerprint density at radius 1 is 1.19 bits per heavy atom. The van der Waals surface area contributed by atoms with Crippen molar-refractivity contribution in [3.05, 3.63) is 6.07 Å². The summed E-state index contributed by atoms with van der Waals surface area (Å²) >= 11 is 1.47. The van der Waals surface area contributed by atoms with E-state index in [1.54, 1.807) is 0 Å². The SMILES string of the molecule is Nc1cc(N)nc(S[C@H]2CCCC[C@@H]2O)n1. The summed E-state index contributed by atoms with van der Waals surface area (Å²) in [6.45, 7) is 0. The van der Waals surface area contributed by atoms with Crippen LogP contribution in [0, 0.1) is 0 Å². The van der Waals surface area contributed by atoms with Gasteiger partial charge in [0, 0.05) is 11.3 Å². The predicted octanol–water partition coefficient (Wildman–Crippen LogP) is 1.04. The highest BCUT2D eigenvalue weighted by Crippen LogP contribution is 2.32. The van der Waals surface area contributed by atoms with Crippen LogP contribution in [-0.2, 0) is 0 Å². The van der Waals surface area contributed by atoms with Crippen LogP contribution in [0.15, 0.2) is 11.2 Å². The molecule has 0 unspecified atom stereocenters. The summed E-state index contributed by atoms with van der Waals surface area (Å²) in [5, 5.41) is 10.6. The molecule has 88 valence electrons. The molecule has 2 atom stereocenters. The second-order valence-electron chi connectivity index (χ2n) is 4.01. The maximum absolute atomic E-state index is 9.83. The van der Waals surface area contributed by atoms with Gasteiger partial charge in [-0.2, -0.15) is 0 Å². The Morgan fingerprint density at radius 2 is 1.81 bits per heavy atom. The second-order valence-corrected chi connectivity index (χ2v) is 5.21. The Hall–Kier alpha value is -1.01. The third-order valence-corrected chi connectivity index (χ3v) is 3.92. The van der Waals surface area contributed by atoms with Gasteiger partial charge in [0.2, 0.25) is 0 Å². The lowest BCUT2D eigenvalue weighted by Crippen LogP contribution is -2.27. The fraction of sp³-hybridized carbons (Fsp3) is 0.600. The molecular formula is C10H16N4OS. The van der Waals surface area contributed by atoms with Gasteiger partial charge >= 0.3 is 0 Å². The first-order valence-corrected chi connectivity index (χ1v) is 6.28. The summed E-state index contributed by atoms with van der Waals surface area (Å²) in [7, 11) is 0. The summed E-state index contributed by atoms with van der Waals surface area (Å²) in [5.74, 6) is 0.751. The van der Waals surface area contributed by atoms with Crippen molar-refractivity contribution in [2.45, 2.75) is 42.2 Å². The summed E-state index contributed by atoms with van der Waals surface area (Å²) in [6.07, 6.45) is 3.81. The number of anilines is 2. The van der Waals surface area contributed by atoms with Crippen LogP contribution in [0.1, 0.15) is 25.7 Å². The van der Waals surface area contributed by atoms with E-state index in [0.717, 1.165) is 25.7 Å². The zero-order valence-electron chi connectivity index (χ0n) is 8.97. The van der Waals surface area contributed by atoms with Gasteiger partial charge in [-0.25, -0.2) is 9.97 Å². The normalized spacial score (nSPS) is 25.6. The molecule has 0 saturated heterocycles. The van der Waals surface area contributed by atoms with Crippen LogP contribution in [-0.4, -0.2) is 26.4 Å². The molecule has 0 aromatic carbocycles. The maximum atomic E-state index is 9.83. The van der Waals surface area contributed by atoms with Gasteiger partial charge in [0.15, 0.2) is 5.16 Å². The lowest BCUT2D eigenvalue weighted by Gasteiger charge is -2.26. The Kier molecular flexibility index (Phi) is 3.50. The first kappa shape index (κ1) is 11.5. The van der Waals surface area contributed by atoms with Crippen LogP contribution < -0.4 is 11.5 Å². The lowest BCUT2D eigenvalue weighted by atomic mass is 9.97. The van der Waals surface area contributed by atoms with E-state index in [0.29, 0.717) is 16.8 Å². The summed E-state index contributed by atoms with van der Waals surface area (Å²) < 4.78 is 0. The van der Waals surface area contributed by atoms with Gasteiger partial charge in [0.25, 0.3) is 0 Å². The molecule has 0 radical (unpaired) electrons. The molecule has 0 bridgehead atoms. The van der Waals surface area contributed by atoms with Crippen molar-refractivity contribution < 1.29 is 5.11 Å². The number of nitrogens with two attached hydrogens (primary N) is 2. The van der Waals surface area contributed by atoms with E-state index in [4.69, 9.17) is 11.5 Å². The highest BCUT2D eigenvalue weighted by molar-refractivity contribution is 7.99. The molecule has 0 aliphatic heterocycles. The molecule has 16 heavy (non-hydrogen) atoms. The molecular weight excluding hydrogens is 224 g/mol. The molecule has 0 spiro atoms. The zero-order chi connectivity index (χ0) is 11.5. The lowest BCUT2D eigenvalue weighted by molar-refractivity contribution is 0.137. The average Bonchev–Trinajstić information content (AvgIpc) is 2.20. The van der Waals surface area contributed by atoms with E-state index in [2.05, 4.69) is 9.97 Å². The van der Waals surface area contributed by atoms with Crippen molar-refractivity contribution >= 4 is 23.4 Å². The average molecular weight is 240 g/mol. The minimum atomic E-state index is -0.273. The largest absolute Gasteiger partial charge is 0.392 e. The first-order chi connectivity index (χ1) is 7.65. The number of nitrogen functional groups attached to an aromatic ring is 2. The van der Waals surface area contributed by atoms with Gasteiger partial charge in [-0.3, -0.25) is 0 Å². The molecule has 6 heteroatoms. The molecule has 1 aliphatic carbocycles. The van der Waals surface area contributed by atoms with E-state index < -0.39 is 0 Å². The summed E-state index contributed by atoms with van der Waals surface area (Å²) in [6, 6.07) is 1.53. The first-order valence-electron chi connectivity index (χ1n) is 5.40. The number of nitrogens with zero attached hydrogens (tertiary/aromatic N) is 2. The molecule has 1 heterocycles. The molecule has 1 saturated carbocycles.